The van der Waals surface area contributed by atoms with Crippen molar-refractivity contribution in [3.8, 4) is 11.4 Å². The van der Waals surface area contributed by atoms with Crippen molar-refractivity contribution < 1.29 is 0 Å². The second-order valence-electron chi connectivity index (χ2n) is 17.8. The molecule has 0 amide bonds. The topological polar surface area (TPSA) is 16.3 Å². The Kier molecular flexibility index (Phi) is 9.04. The number of rotatable bonds is 8. The Morgan fingerprint density at radius 1 is 0.275 bits per heavy atom. The van der Waals surface area contributed by atoms with Crippen LogP contribution in [0.3, 0.4) is 0 Å². The summed E-state index contributed by atoms with van der Waals surface area (Å²) in [6, 6.07) is 91.0. The van der Waals surface area contributed by atoms with Crippen LogP contribution in [-0.4, -0.2) is 9.13 Å². The lowest BCUT2D eigenvalue weighted by Crippen LogP contribution is -2.13. The maximum atomic E-state index is 2.47. The summed E-state index contributed by atoms with van der Waals surface area (Å²) in [6.07, 6.45) is 0. The van der Waals surface area contributed by atoms with Crippen LogP contribution >= 0.6 is 11.3 Å². The summed E-state index contributed by atoms with van der Waals surface area (Å²) in [5.74, 6) is 0. The van der Waals surface area contributed by atoms with E-state index >= 15 is 0 Å². The monoisotopic (exact) mass is 898 g/mol. The van der Waals surface area contributed by atoms with Gasteiger partial charge in [-0.25, -0.2) is 0 Å². The Labute approximate surface area is 403 Å². The van der Waals surface area contributed by atoms with Crippen molar-refractivity contribution in [1.29, 1.82) is 0 Å². The first kappa shape index (κ1) is 39.3. The molecule has 11 aromatic carbocycles. The summed E-state index contributed by atoms with van der Waals surface area (Å²) in [7, 11) is 0. The number of para-hydroxylation sites is 4. The zero-order valence-corrected chi connectivity index (χ0v) is 38.3. The fraction of sp³-hybridized carbons (Fsp3) is 0. The van der Waals surface area contributed by atoms with Crippen molar-refractivity contribution in [1.82, 2.24) is 9.13 Å². The second kappa shape index (κ2) is 15.9. The van der Waals surface area contributed by atoms with Crippen LogP contribution in [0.15, 0.2) is 254 Å². The van der Waals surface area contributed by atoms with E-state index in [9.17, 15) is 0 Å². The predicted octanol–water partition coefficient (Wildman–Crippen LogP) is 18.3. The molecule has 0 saturated carbocycles. The van der Waals surface area contributed by atoms with Crippen LogP contribution in [0, 0.1) is 0 Å². The number of nitrogens with zero attached hydrogens (tertiary/aromatic N) is 4. The first-order chi connectivity index (χ1) is 34.2. The van der Waals surface area contributed by atoms with Gasteiger partial charge in [0.15, 0.2) is 0 Å². The van der Waals surface area contributed by atoms with E-state index in [1.807, 2.05) is 0 Å². The highest BCUT2D eigenvalue weighted by molar-refractivity contribution is 7.18. The van der Waals surface area contributed by atoms with Crippen molar-refractivity contribution in [2.45, 2.75) is 0 Å². The quantitative estimate of drug-likeness (QED) is 0.151. The van der Waals surface area contributed by atoms with E-state index in [0.29, 0.717) is 0 Å². The summed E-state index contributed by atoms with van der Waals surface area (Å²) in [5.41, 5.74) is 13.7. The Morgan fingerprint density at radius 2 is 0.681 bits per heavy atom. The molecule has 5 heteroatoms. The molecule has 0 spiro atoms. The number of thiophene rings is 1. The molecule has 3 heterocycles. The number of fused-ring (bicyclic) bond motifs is 9. The SMILES string of the molecule is c1ccc(-n2c3ccccc3c3cc(N(c4ccc5ccccc5c4)c4ccc(N(c5ccc6ccccc6c5)c5ccc6c(c5)c5ccccc5n6-c5ccccc5)c5sccc45)ccc32)cc1. The molecule has 0 aliphatic heterocycles. The van der Waals surface area contributed by atoms with Crippen molar-refractivity contribution in [2.24, 2.45) is 0 Å². The normalized spacial score (nSPS) is 11.8. The Hall–Kier alpha value is -8.90. The lowest BCUT2D eigenvalue weighted by atomic mass is 10.0. The highest BCUT2D eigenvalue weighted by atomic mass is 32.1. The lowest BCUT2D eigenvalue weighted by molar-refractivity contribution is 1.18. The maximum absolute atomic E-state index is 2.47. The van der Waals surface area contributed by atoms with Gasteiger partial charge in [-0.1, -0.05) is 133 Å². The minimum atomic E-state index is 1.10. The largest absolute Gasteiger partial charge is 0.310 e. The molecule has 0 aliphatic rings. The smallest absolute Gasteiger partial charge is 0.0641 e. The molecular formula is C64H42N4S. The van der Waals surface area contributed by atoms with E-state index < -0.39 is 0 Å². The van der Waals surface area contributed by atoms with Crippen LogP contribution in [0.5, 0.6) is 0 Å². The summed E-state index contributed by atoms with van der Waals surface area (Å²) in [6.45, 7) is 0. The van der Waals surface area contributed by atoms with Crippen LogP contribution in [0.25, 0.3) is 86.6 Å². The van der Waals surface area contributed by atoms with Gasteiger partial charge in [-0.2, -0.15) is 0 Å². The average Bonchev–Trinajstić information content (AvgIpc) is 4.13. The Bertz CT molecular complexity index is 4000. The van der Waals surface area contributed by atoms with Crippen LogP contribution in [-0.2, 0) is 0 Å². The first-order valence-electron chi connectivity index (χ1n) is 23.5. The van der Waals surface area contributed by atoms with Gasteiger partial charge in [0.1, 0.15) is 0 Å². The van der Waals surface area contributed by atoms with Crippen molar-refractivity contribution >= 4 is 121 Å². The molecule has 0 bridgehead atoms. The average molecular weight is 899 g/mol. The number of anilines is 6. The van der Waals surface area contributed by atoms with E-state index in [1.54, 1.807) is 11.3 Å². The van der Waals surface area contributed by atoms with Gasteiger partial charge in [0.25, 0.3) is 0 Å². The number of hydrogen-bond acceptors (Lipinski definition) is 3. The first-order valence-corrected chi connectivity index (χ1v) is 24.4. The Morgan fingerprint density at radius 3 is 1.22 bits per heavy atom. The predicted molar refractivity (Wildman–Crippen MR) is 295 cm³/mol. The van der Waals surface area contributed by atoms with Gasteiger partial charge >= 0.3 is 0 Å². The van der Waals surface area contributed by atoms with E-state index in [0.717, 1.165) is 45.5 Å². The van der Waals surface area contributed by atoms with Gasteiger partial charge in [-0.15, -0.1) is 11.3 Å². The van der Waals surface area contributed by atoms with Gasteiger partial charge in [0.2, 0.25) is 0 Å². The second-order valence-corrected chi connectivity index (χ2v) is 18.7. The zero-order chi connectivity index (χ0) is 45.4. The lowest BCUT2D eigenvalue weighted by Gasteiger charge is -2.30. The van der Waals surface area contributed by atoms with Crippen LogP contribution in [0.1, 0.15) is 0 Å². The molecule has 0 radical (unpaired) electrons. The fourth-order valence-corrected chi connectivity index (χ4v) is 11.7. The molecule has 324 valence electrons. The number of aromatic nitrogens is 2. The zero-order valence-electron chi connectivity index (χ0n) is 37.4. The molecule has 0 saturated heterocycles. The third-order valence-corrected chi connectivity index (χ3v) is 14.8. The standard InChI is InChI=1S/C64H42N4S/c1-3-19-47(20-4-1)67-58-25-13-11-23-53(58)56-41-51(31-33-61(56)67)65(49-29-27-43-15-7-9-17-45(43)39-49)60-35-36-63(64-55(60)37-38-69-64)66(50-30-28-44-16-8-10-18-46(44)40-50)52-32-34-62-57(42-52)54-24-12-14-26-59(54)68(62)48-21-5-2-6-22-48/h1-42H. The molecule has 14 rings (SSSR count). The van der Waals surface area contributed by atoms with Gasteiger partial charge in [0.05, 0.1) is 38.1 Å². The third-order valence-electron chi connectivity index (χ3n) is 13.9. The summed E-state index contributed by atoms with van der Waals surface area (Å²) < 4.78 is 5.98. The molecule has 69 heavy (non-hydrogen) atoms. The van der Waals surface area contributed by atoms with Crippen molar-refractivity contribution in [3.05, 3.63) is 254 Å². The van der Waals surface area contributed by atoms with Gasteiger partial charge in [-0.3, -0.25) is 0 Å². The molecule has 0 N–H and O–H groups in total. The molecule has 0 unspecified atom stereocenters. The van der Waals surface area contributed by atoms with Gasteiger partial charge in [0, 0.05) is 61.1 Å². The van der Waals surface area contributed by atoms with Crippen molar-refractivity contribution in [3.63, 3.8) is 0 Å². The molecule has 0 atom stereocenters. The van der Waals surface area contributed by atoms with E-state index in [1.165, 1.54) is 75.2 Å². The fourth-order valence-electron chi connectivity index (χ4n) is 10.8. The number of hydrogen-bond donors (Lipinski definition) is 0. The highest BCUT2D eigenvalue weighted by Gasteiger charge is 2.24. The van der Waals surface area contributed by atoms with Crippen LogP contribution in [0.2, 0.25) is 0 Å². The van der Waals surface area contributed by atoms with E-state index in [-0.39, 0.29) is 0 Å². The van der Waals surface area contributed by atoms with Crippen LogP contribution < -0.4 is 9.80 Å². The van der Waals surface area contributed by atoms with E-state index in [2.05, 4.69) is 273 Å². The maximum Gasteiger partial charge on any atom is 0.0641 e. The molecule has 0 fully saturated rings. The molecule has 4 nitrogen and oxygen atoms in total. The van der Waals surface area contributed by atoms with Crippen molar-refractivity contribution in [2.75, 3.05) is 9.80 Å². The Balaban J connectivity index is 0.993. The summed E-state index contributed by atoms with van der Waals surface area (Å²) in [4.78, 5) is 4.93. The van der Waals surface area contributed by atoms with E-state index in [4.69, 9.17) is 0 Å². The van der Waals surface area contributed by atoms with Crippen LogP contribution in [0.4, 0.5) is 34.1 Å². The molecular weight excluding hydrogens is 857 g/mol. The molecule has 14 aromatic rings. The van der Waals surface area contributed by atoms with Gasteiger partial charge in [-0.05, 0) is 142 Å². The third kappa shape index (κ3) is 6.36. The van der Waals surface area contributed by atoms with Gasteiger partial charge < -0.3 is 18.9 Å². The number of benzene rings is 11. The minimum absolute atomic E-state index is 1.10. The molecule has 0 aliphatic carbocycles. The summed E-state index contributed by atoms with van der Waals surface area (Å²) >= 11 is 1.80. The highest BCUT2D eigenvalue weighted by Crippen LogP contribution is 2.49. The minimum Gasteiger partial charge on any atom is -0.310 e. The molecule has 3 aromatic heterocycles. The summed E-state index contributed by atoms with van der Waals surface area (Å²) in [5, 5.41) is 13.1.